The molecule has 0 bridgehead atoms. The Morgan fingerprint density at radius 3 is 2.85 bits per heavy atom. The normalized spacial score (nSPS) is 17.4. The van der Waals surface area contributed by atoms with Crippen molar-refractivity contribution in [2.75, 3.05) is 5.32 Å². The van der Waals surface area contributed by atoms with Gasteiger partial charge in [0.2, 0.25) is 5.91 Å². The van der Waals surface area contributed by atoms with E-state index in [4.69, 9.17) is 0 Å². The van der Waals surface area contributed by atoms with Crippen LogP contribution in [0.25, 0.3) is 0 Å². The Hall–Kier alpha value is -1.72. The van der Waals surface area contributed by atoms with E-state index in [0.717, 1.165) is 11.0 Å². The summed E-state index contributed by atoms with van der Waals surface area (Å²) in [4.78, 5) is 16.4. The quantitative estimate of drug-likeness (QED) is 0.888. The van der Waals surface area contributed by atoms with E-state index in [0.29, 0.717) is 12.2 Å². The summed E-state index contributed by atoms with van der Waals surface area (Å²) < 4.78 is 0.782. The third-order valence-corrected chi connectivity index (χ3v) is 4.04. The van der Waals surface area contributed by atoms with Crippen LogP contribution in [0.1, 0.15) is 11.1 Å². The number of carbonyl (C=O) groups is 1. The number of carbonyl (C=O) groups excluding carboxylic acids is 1. The lowest BCUT2D eigenvalue weighted by molar-refractivity contribution is -0.118. The summed E-state index contributed by atoms with van der Waals surface area (Å²) in [5, 5.41) is 6.11. The van der Waals surface area contributed by atoms with Crippen LogP contribution in [-0.4, -0.2) is 16.9 Å². The fourth-order valence-corrected chi connectivity index (χ4v) is 2.68. The summed E-state index contributed by atoms with van der Waals surface area (Å²) in [6.45, 7) is 0.720. The lowest BCUT2D eigenvalue weighted by atomic mass is 9.95. The zero-order valence-electron chi connectivity index (χ0n) is 10.8. The highest BCUT2D eigenvalue weighted by Crippen LogP contribution is 2.20. The van der Waals surface area contributed by atoms with Crippen LogP contribution in [0.15, 0.2) is 47.1 Å². The Kier molecular flexibility index (Phi) is 3.80. The molecule has 1 amide bonds. The van der Waals surface area contributed by atoms with E-state index in [-0.39, 0.29) is 11.9 Å². The van der Waals surface area contributed by atoms with Crippen LogP contribution in [0.3, 0.4) is 0 Å². The zero-order valence-corrected chi connectivity index (χ0v) is 12.4. The SMILES string of the molecule is O=C(Nc1ncccc1Br)C1Cc2ccccc2CN1. The molecule has 0 spiro atoms. The van der Waals surface area contributed by atoms with Crippen LogP contribution in [0.2, 0.25) is 0 Å². The fourth-order valence-electron chi connectivity index (χ4n) is 2.32. The Balaban J connectivity index is 1.72. The Labute approximate surface area is 125 Å². The van der Waals surface area contributed by atoms with Crippen molar-refractivity contribution in [3.05, 3.63) is 58.2 Å². The Bertz CT molecular complexity index is 645. The minimum absolute atomic E-state index is 0.0566. The number of nitrogens with one attached hydrogen (secondary N) is 2. The number of nitrogens with zero attached hydrogens (tertiary/aromatic N) is 1. The van der Waals surface area contributed by atoms with Gasteiger partial charge < -0.3 is 10.6 Å². The molecule has 2 aromatic rings. The topological polar surface area (TPSA) is 54.0 Å². The van der Waals surface area contributed by atoms with E-state index in [1.165, 1.54) is 11.1 Å². The first-order chi connectivity index (χ1) is 9.74. The van der Waals surface area contributed by atoms with E-state index < -0.39 is 0 Å². The number of anilines is 1. The van der Waals surface area contributed by atoms with Crippen LogP contribution in [-0.2, 0) is 17.8 Å². The summed E-state index contributed by atoms with van der Waals surface area (Å²) in [6.07, 6.45) is 2.36. The number of aromatic nitrogens is 1. The molecule has 0 fully saturated rings. The van der Waals surface area contributed by atoms with Gasteiger partial charge >= 0.3 is 0 Å². The van der Waals surface area contributed by atoms with E-state index in [2.05, 4.69) is 43.7 Å². The zero-order chi connectivity index (χ0) is 13.9. The maximum absolute atomic E-state index is 12.3. The number of fused-ring (bicyclic) bond motifs is 1. The summed E-state index contributed by atoms with van der Waals surface area (Å²) >= 11 is 3.38. The first-order valence-electron chi connectivity index (χ1n) is 6.45. The van der Waals surface area contributed by atoms with Crippen molar-refractivity contribution in [3.63, 3.8) is 0 Å². The average molecular weight is 332 g/mol. The molecule has 4 nitrogen and oxygen atoms in total. The standard InChI is InChI=1S/C15H14BrN3O/c16-12-6-3-7-17-14(12)19-15(20)13-8-10-4-1-2-5-11(10)9-18-13/h1-7,13,18H,8-9H2,(H,17,19,20). The van der Waals surface area contributed by atoms with Crippen molar-refractivity contribution >= 4 is 27.7 Å². The number of amides is 1. The van der Waals surface area contributed by atoms with Gasteiger partial charge in [0.15, 0.2) is 0 Å². The molecule has 3 rings (SSSR count). The van der Waals surface area contributed by atoms with Gasteiger partial charge in [0.25, 0.3) is 0 Å². The van der Waals surface area contributed by atoms with Gasteiger partial charge in [-0.1, -0.05) is 24.3 Å². The molecule has 1 aliphatic rings. The minimum Gasteiger partial charge on any atom is -0.308 e. The largest absolute Gasteiger partial charge is 0.308 e. The highest BCUT2D eigenvalue weighted by atomic mass is 79.9. The van der Waals surface area contributed by atoms with Gasteiger partial charge in [-0.3, -0.25) is 4.79 Å². The van der Waals surface area contributed by atoms with E-state index in [1.807, 2.05) is 24.3 Å². The smallest absolute Gasteiger partial charge is 0.243 e. The van der Waals surface area contributed by atoms with Crippen molar-refractivity contribution in [1.29, 1.82) is 0 Å². The first-order valence-corrected chi connectivity index (χ1v) is 7.25. The molecule has 2 N–H and O–H groups in total. The average Bonchev–Trinajstić information content (AvgIpc) is 2.49. The predicted octanol–water partition coefficient (Wildman–Crippen LogP) is 2.50. The van der Waals surface area contributed by atoms with Gasteiger partial charge in [-0.15, -0.1) is 0 Å². The molecular weight excluding hydrogens is 318 g/mol. The molecule has 1 unspecified atom stereocenters. The van der Waals surface area contributed by atoms with Crippen molar-refractivity contribution in [3.8, 4) is 0 Å². The molecule has 1 aliphatic heterocycles. The summed E-state index contributed by atoms with van der Waals surface area (Å²) in [5.41, 5.74) is 2.49. The third-order valence-electron chi connectivity index (χ3n) is 3.40. The molecule has 0 saturated heterocycles. The highest BCUT2D eigenvalue weighted by molar-refractivity contribution is 9.10. The van der Waals surface area contributed by atoms with Crippen LogP contribution in [0, 0.1) is 0 Å². The molecule has 0 aliphatic carbocycles. The molecule has 1 aromatic carbocycles. The summed E-state index contributed by atoms with van der Waals surface area (Å²) in [6, 6.07) is 11.6. The highest BCUT2D eigenvalue weighted by Gasteiger charge is 2.24. The van der Waals surface area contributed by atoms with Crippen LogP contribution in [0.5, 0.6) is 0 Å². The van der Waals surface area contributed by atoms with Crippen LogP contribution in [0.4, 0.5) is 5.82 Å². The van der Waals surface area contributed by atoms with Crippen molar-refractivity contribution in [1.82, 2.24) is 10.3 Å². The van der Waals surface area contributed by atoms with Crippen molar-refractivity contribution < 1.29 is 4.79 Å². The van der Waals surface area contributed by atoms with Crippen LogP contribution >= 0.6 is 15.9 Å². The molecular formula is C15H14BrN3O. The number of hydrogen-bond acceptors (Lipinski definition) is 3. The third kappa shape index (κ3) is 2.73. The number of pyridine rings is 1. The maximum atomic E-state index is 12.3. The van der Waals surface area contributed by atoms with Crippen molar-refractivity contribution in [2.24, 2.45) is 0 Å². The second-order valence-electron chi connectivity index (χ2n) is 4.73. The fraction of sp³-hybridized carbons (Fsp3) is 0.200. The van der Waals surface area contributed by atoms with Gasteiger partial charge in [0.1, 0.15) is 5.82 Å². The Morgan fingerprint density at radius 1 is 1.25 bits per heavy atom. The second-order valence-corrected chi connectivity index (χ2v) is 5.58. The Morgan fingerprint density at radius 2 is 2.05 bits per heavy atom. The molecule has 20 heavy (non-hydrogen) atoms. The first kappa shape index (κ1) is 13.3. The summed E-state index contributed by atoms with van der Waals surface area (Å²) in [7, 11) is 0. The van der Waals surface area contributed by atoms with Crippen molar-refractivity contribution in [2.45, 2.75) is 19.0 Å². The summed E-state index contributed by atoms with van der Waals surface area (Å²) in [5.74, 6) is 0.497. The number of halogens is 1. The van der Waals surface area contributed by atoms with Gasteiger partial charge in [-0.25, -0.2) is 4.98 Å². The minimum atomic E-state index is -0.223. The molecule has 0 radical (unpaired) electrons. The predicted molar refractivity (Wildman–Crippen MR) is 81.3 cm³/mol. The van der Waals surface area contributed by atoms with Gasteiger partial charge in [0, 0.05) is 12.7 Å². The van der Waals surface area contributed by atoms with E-state index >= 15 is 0 Å². The molecule has 1 aromatic heterocycles. The van der Waals surface area contributed by atoms with E-state index in [1.54, 1.807) is 6.20 Å². The number of benzene rings is 1. The molecule has 0 saturated carbocycles. The second kappa shape index (κ2) is 5.73. The number of rotatable bonds is 2. The van der Waals surface area contributed by atoms with Gasteiger partial charge in [-0.05, 0) is 45.6 Å². The molecule has 2 heterocycles. The lowest BCUT2D eigenvalue weighted by Crippen LogP contribution is -2.44. The molecule has 102 valence electrons. The van der Waals surface area contributed by atoms with Gasteiger partial charge in [0.05, 0.1) is 10.5 Å². The maximum Gasteiger partial charge on any atom is 0.243 e. The van der Waals surface area contributed by atoms with E-state index in [9.17, 15) is 4.79 Å². The molecule has 5 heteroatoms. The lowest BCUT2D eigenvalue weighted by Gasteiger charge is -2.25. The molecule has 1 atom stereocenters. The number of hydrogen-bond donors (Lipinski definition) is 2. The van der Waals surface area contributed by atoms with Gasteiger partial charge in [-0.2, -0.15) is 0 Å². The van der Waals surface area contributed by atoms with Crippen LogP contribution < -0.4 is 10.6 Å². The monoisotopic (exact) mass is 331 g/mol.